The van der Waals surface area contributed by atoms with Crippen molar-refractivity contribution < 1.29 is 13.9 Å². The molecule has 0 bridgehead atoms. The standard InChI is InChI=1S/C20H18ClNO4/c1-11(2)15-9-16-13(8-18(23)26-17(16)7-12(15)3)10-25-20(24)14-5-4-6-22-19(14)21/h4-9,11H,10H2,1-3H3. The number of rotatable bonds is 4. The minimum Gasteiger partial charge on any atom is -0.457 e. The monoisotopic (exact) mass is 371 g/mol. The Morgan fingerprint density at radius 3 is 2.77 bits per heavy atom. The van der Waals surface area contributed by atoms with Crippen LogP contribution in [-0.2, 0) is 11.3 Å². The number of halogens is 1. The highest BCUT2D eigenvalue weighted by Gasteiger charge is 2.15. The van der Waals surface area contributed by atoms with E-state index in [0.717, 1.165) is 16.5 Å². The number of ether oxygens (including phenoxy) is 1. The van der Waals surface area contributed by atoms with E-state index in [-0.39, 0.29) is 17.3 Å². The summed E-state index contributed by atoms with van der Waals surface area (Å²) in [5, 5.41) is 0.830. The van der Waals surface area contributed by atoms with E-state index in [2.05, 4.69) is 18.8 Å². The second kappa shape index (κ2) is 7.30. The van der Waals surface area contributed by atoms with Crippen LogP contribution in [0.3, 0.4) is 0 Å². The summed E-state index contributed by atoms with van der Waals surface area (Å²) in [7, 11) is 0. The minimum atomic E-state index is -0.597. The molecule has 0 radical (unpaired) electrons. The highest BCUT2D eigenvalue weighted by atomic mass is 35.5. The van der Waals surface area contributed by atoms with Gasteiger partial charge in [-0.05, 0) is 48.2 Å². The molecule has 3 rings (SSSR count). The van der Waals surface area contributed by atoms with Gasteiger partial charge in [-0.2, -0.15) is 0 Å². The molecule has 0 saturated carbocycles. The van der Waals surface area contributed by atoms with Crippen LogP contribution in [0.5, 0.6) is 0 Å². The molecule has 0 spiro atoms. The zero-order valence-corrected chi connectivity index (χ0v) is 15.5. The van der Waals surface area contributed by atoms with Gasteiger partial charge in [0, 0.05) is 23.2 Å². The Kier molecular flexibility index (Phi) is 5.09. The van der Waals surface area contributed by atoms with Crippen LogP contribution in [0.1, 0.15) is 46.8 Å². The maximum atomic E-state index is 12.2. The lowest BCUT2D eigenvalue weighted by Gasteiger charge is -2.13. The van der Waals surface area contributed by atoms with E-state index in [1.807, 2.05) is 19.1 Å². The van der Waals surface area contributed by atoms with E-state index < -0.39 is 11.6 Å². The summed E-state index contributed by atoms with van der Waals surface area (Å²) in [5.41, 5.74) is 2.96. The number of nitrogens with zero attached hydrogens (tertiary/aromatic N) is 1. The molecular weight excluding hydrogens is 354 g/mol. The molecule has 2 heterocycles. The lowest BCUT2D eigenvalue weighted by molar-refractivity contribution is 0.0473. The Hall–Kier alpha value is -2.66. The third kappa shape index (κ3) is 3.63. The van der Waals surface area contributed by atoms with Crippen LogP contribution in [0.4, 0.5) is 0 Å². The number of hydrogen-bond acceptors (Lipinski definition) is 5. The average Bonchev–Trinajstić information content (AvgIpc) is 2.58. The molecule has 0 aliphatic carbocycles. The van der Waals surface area contributed by atoms with E-state index in [1.165, 1.54) is 18.3 Å². The number of hydrogen-bond donors (Lipinski definition) is 0. The van der Waals surface area contributed by atoms with E-state index in [4.69, 9.17) is 20.8 Å². The quantitative estimate of drug-likeness (QED) is 0.380. The third-order valence-corrected chi connectivity index (χ3v) is 4.48. The first-order valence-corrected chi connectivity index (χ1v) is 8.59. The van der Waals surface area contributed by atoms with Crippen molar-refractivity contribution >= 4 is 28.5 Å². The molecular formula is C20H18ClNO4. The number of aryl methyl sites for hydroxylation is 1. The van der Waals surface area contributed by atoms with Crippen molar-refractivity contribution in [2.75, 3.05) is 0 Å². The van der Waals surface area contributed by atoms with Crippen molar-refractivity contribution in [1.29, 1.82) is 0 Å². The van der Waals surface area contributed by atoms with Gasteiger partial charge >= 0.3 is 11.6 Å². The molecule has 134 valence electrons. The fraction of sp³-hybridized carbons (Fsp3) is 0.250. The SMILES string of the molecule is Cc1cc2oc(=O)cc(COC(=O)c3cccnc3Cl)c2cc1C(C)C. The van der Waals surface area contributed by atoms with E-state index in [1.54, 1.807) is 6.07 Å². The van der Waals surface area contributed by atoms with Gasteiger partial charge in [0.05, 0.1) is 5.56 Å². The van der Waals surface area contributed by atoms with Gasteiger partial charge in [-0.15, -0.1) is 0 Å². The molecule has 0 N–H and O–H groups in total. The molecule has 6 heteroatoms. The van der Waals surface area contributed by atoms with Crippen molar-refractivity contribution in [2.45, 2.75) is 33.3 Å². The number of benzene rings is 1. The van der Waals surface area contributed by atoms with Gasteiger partial charge in [0.15, 0.2) is 0 Å². The Morgan fingerprint density at radius 2 is 2.08 bits per heavy atom. The molecule has 0 atom stereocenters. The maximum Gasteiger partial charge on any atom is 0.341 e. The molecule has 3 aromatic rings. The normalized spacial score (nSPS) is 11.1. The van der Waals surface area contributed by atoms with Crippen molar-refractivity contribution in [2.24, 2.45) is 0 Å². The van der Waals surface area contributed by atoms with Crippen LogP contribution in [0.15, 0.2) is 45.7 Å². The Bertz CT molecular complexity index is 1040. The van der Waals surface area contributed by atoms with Gasteiger partial charge in [0.25, 0.3) is 0 Å². The topological polar surface area (TPSA) is 69.4 Å². The highest BCUT2D eigenvalue weighted by Crippen LogP contribution is 2.27. The van der Waals surface area contributed by atoms with Gasteiger partial charge < -0.3 is 9.15 Å². The van der Waals surface area contributed by atoms with Gasteiger partial charge in [-0.3, -0.25) is 0 Å². The summed E-state index contributed by atoms with van der Waals surface area (Å²) in [6, 6.07) is 8.32. The zero-order valence-electron chi connectivity index (χ0n) is 14.7. The minimum absolute atomic E-state index is 0.0627. The van der Waals surface area contributed by atoms with Gasteiger partial charge in [-0.1, -0.05) is 25.4 Å². The summed E-state index contributed by atoms with van der Waals surface area (Å²) in [4.78, 5) is 28.0. The van der Waals surface area contributed by atoms with E-state index in [9.17, 15) is 9.59 Å². The third-order valence-electron chi connectivity index (χ3n) is 4.18. The fourth-order valence-corrected chi connectivity index (χ4v) is 3.09. The first-order chi connectivity index (χ1) is 12.4. The van der Waals surface area contributed by atoms with Crippen molar-refractivity contribution in [3.63, 3.8) is 0 Å². The lowest BCUT2D eigenvalue weighted by Crippen LogP contribution is -2.09. The molecule has 0 aliphatic heterocycles. The van der Waals surface area contributed by atoms with Crippen LogP contribution < -0.4 is 5.63 Å². The molecule has 0 fully saturated rings. The van der Waals surface area contributed by atoms with Crippen LogP contribution >= 0.6 is 11.6 Å². The molecule has 5 nitrogen and oxygen atoms in total. The highest BCUT2D eigenvalue weighted by molar-refractivity contribution is 6.32. The summed E-state index contributed by atoms with van der Waals surface area (Å²) in [6.07, 6.45) is 1.49. The van der Waals surface area contributed by atoms with E-state index in [0.29, 0.717) is 17.1 Å². The number of aromatic nitrogens is 1. The second-order valence-corrected chi connectivity index (χ2v) is 6.73. The van der Waals surface area contributed by atoms with Crippen molar-refractivity contribution in [1.82, 2.24) is 4.98 Å². The van der Waals surface area contributed by atoms with Gasteiger partial charge in [-0.25, -0.2) is 14.6 Å². The summed E-state index contributed by atoms with van der Waals surface area (Å²) in [6.45, 7) is 6.10. The summed E-state index contributed by atoms with van der Waals surface area (Å²) < 4.78 is 10.6. The average molecular weight is 372 g/mol. The molecule has 0 saturated heterocycles. The van der Waals surface area contributed by atoms with Crippen LogP contribution in [0.2, 0.25) is 5.15 Å². The smallest absolute Gasteiger partial charge is 0.341 e. The fourth-order valence-electron chi connectivity index (χ4n) is 2.89. The first-order valence-electron chi connectivity index (χ1n) is 8.21. The van der Waals surface area contributed by atoms with E-state index >= 15 is 0 Å². The predicted molar refractivity (Wildman–Crippen MR) is 99.7 cm³/mol. The molecule has 0 aliphatic rings. The van der Waals surface area contributed by atoms with Gasteiger partial charge in [0.1, 0.15) is 17.3 Å². The molecule has 1 aromatic carbocycles. The van der Waals surface area contributed by atoms with Crippen LogP contribution in [-0.4, -0.2) is 11.0 Å². The van der Waals surface area contributed by atoms with Gasteiger partial charge in [0.2, 0.25) is 0 Å². The summed E-state index contributed by atoms with van der Waals surface area (Å²) in [5.74, 6) is -0.281. The van der Waals surface area contributed by atoms with Crippen LogP contribution in [0, 0.1) is 6.92 Å². The summed E-state index contributed by atoms with van der Waals surface area (Å²) >= 11 is 5.92. The maximum absolute atomic E-state index is 12.2. The number of fused-ring (bicyclic) bond motifs is 1. The Balaban J connectivity index is 1.97. The second-order valence-electron chi connectivity index (χ2n) is 6.37. The molecule has 0 amide bonds. The lowest BCUT2D eigenvalue weighted by atomic mass is 9.95. The van der Waals surface area contributed by atoms with Crippen molar-refractivity contribution in [3.05, 3.63) is 74.4 Å². The predicted octanol–water partition coefficient (Wildman–Crippen LogP) is 4.63. The van der Waals surface area contributed by atoms with Crippen molar-refractivity contribution in [3.8, 4) is 0 Å². The Morgan fingerprint density at radius 1 is 1.31 bits per heavy atom. The number of pyridine rings is 1. The first kappa shape index (κ1) is 18.1. The van der Waals surface area contributed by atoms with Crippen LogP contribution in [0.25, 0.3) is 11.0 Å². The molecule has 0 unspecified atom stereocenters. The number of carbonyl (C=O) groups is 1. The Labute approximate surface area is 155 Å². The number of esters is 1. The zero-order chi connectivity index (χ0) is 18.8. The molecule has 26 heavy (non-hydrogen) atoms. The molecule has 2 aromatic heterocycles. The number of carbonyl (C=O) groups excluding carboxylic acids is 1. The largest absolute Gasteiger partial charge is 0.457 e.